The van der Waals surface area contributed by atoms with Gasteiger partial charge in [-0.05, 0) is 25.5 Å². The molecule has 0 radical (unpaired) electrons. The first-order valence-corrected chi connectivity index (χ1v) is 5.17. The molecule has 0 saturated carbocycles. The predicted molar refractivity (Wildman–Crippen MR) is 46.7 cm³/mol. The van der Waals surface area contributed by atoms with Crippen molar-refractivity contribution in [2.24, 2.45) is 0 Å². The van der Waals surface area contributed by atoms with Crippen LogP contribution in [0.15, 0.2) is 0 Å². The van der Waals surface area contributed by atoms with E-state index in [0.29, 0.717) is 6.61 Å². The average Bonchev–Trinajstić information content (AvgIpc) is 2.07. The van der Waals surface area contributed by atoms with Crippen LogP contribution in [0.25, 0.3) is 0 Å². The smallest absolute Gasteiger partial charge is 0.319 e. The highest BCUT2D eigenvalue weighted by Crippen LogP contribution is 2.25. The molecule has 0 aromatic rings. The maximum atomic E-state index is 11.2. The highest BCUT2D eigenvalue weighted by Gasteiger charge is 2.22. The lowest BCUT2D eigenvalue weighted by atomic mass is 10.2. The molecule has 1 unspecified atom stereocenters. The maximum absolute atomic E-state index is 11.2. The summed E-state index contributed by atoms with van der Waals surface area (Å²) in [6.07, 6.45) is 3.43. The minimum atomic E-state index is -0.0165. The summed E-state index contributed by atoms with van der Waals surface area (Å²) in [7, 11) is 0. The van der Waals surface area contributed by atoms with E-state index < -0.39 is 0 Å². The Morgan fingerprint density at radius 1 is 1.64 bits per heavy atom. The van der Waals surface area contributed by atoms with Gasteiger partial charge < -0.3 is 4.74 Å². The molecule has 0 amide bonds. The summed E-state index contributed by atoms with van der Waals surface area (Å²) in [6, 6.07) is 0. The number of hydrogen-bond donors (Lipinski definition) is 0. The normalized spacial score (nSPS) is 24.6. The minimum absolute atomic E-state index is 0.0165. The molecule has 1 aliphatic heterocycles. The standard InChI is InChI=1S/C8H14O2S/c1-2-10-8(9)7-5-3-4-6-11-7/h7H,2-6H2,1H3. The molecule has 0 bridgehead atoms. The van der Waals surface area contributed by atoms with Gasteiger partial charge in [0, 0.05) is 0 Å². The van der Waals surface area contributed by atoms with Gasteiger partial charge in [0.2, 0.25) is 0 Å². The SMILES string of the molecule is CCOC(=O)C1CCCCS1. The summed E-state index contributed by atoms with van der Waals surface area (Å²) in [5.74, 6) is 1.10. The molecule has 1 saturated heterocycles. The van der Waals surface area contributed by atoms with Gasteiger partial charge in [-0.2, -0.15) is 0 Å². The van der Waals surface area contributed by atoms with Crippen LogP contribution in [-0.4, -0.2) is 23.6 Å². The summed E-state index contributed by atoms with van der Waals surface area (Å²) in [4.78, 5) is 11.2. The molecular formula is C8H14O2S. The molecule has 0 aromatic heterocycles. The van der Waals surface area contributed by atoms with E-state index >= 15 is 0 Å². The lowest BCUT2D eigenvalue weighted by Gasteiger charge is -2.18. The van der Waals surface area contributed by atoms with Crippen molar-refractivity contribution in [2.45, 2.75) is 31.4 Å². The minimum Gasteiger partial charge on any atom is -0.465 e. The Morgan fingerprint density at radius 2 is 2.45 bits per heavy atom. The highest BCUT2D eigenvalue weighted by molar-refractivity contribution is 8.00. The first-order chi connectivity index (χ1) is 5.34. The number of carbonyl (C=O) groups is 1. The predicted octanol–water partition coefficient (Wildman–Crippen LogP) is 1.84. The van der Waals surface area contributed by atoms with E-state index in [1.54, 1.807) is 11.8 Å². The van der Waals surface area contributed by atoms with Crippen LogP contribution in [0.2, 0.25) is 0 Å². The Morgan fingerprint density at radius 3 is 3.00 bits per heavy atom. The maximum Gasteiger partial charge on any atom is 0.319 e. The van der Waals surface area contributed by atoms with Crippen LogP contribution in [0.4, 0.5) is 0 Å². The van der Waals surface area contributed by atoms with E-state index in [0.717, 1.165) is 12.2 Å². The monoisotopic (exact) mass is 174 g/mol. The van der Waals surface area contributed by atoms with Crippen LogP contribution < -0.4 is 0 Å². The van der Waals surface area contributed by atoms with E-state index in [1.165, 1.54) is 12.8 Å². The summed E-state index contributed by atoms with van der Waals surface area (Å²) in [5.41, 5.74) is 0. The Balaban J connectivity index is 2.27. The van der Waals surface area contributed by atoms with Crippen molar-refractivity contribution in [1.82, 2.24) is 0 Å². The van der Waals surface area contributed by atoms with Crippen molar-refractivity contribution < 1.29 is 9.53 Å². The van der Waals surface area contributed by atoms with E-state index in [1.807, 2.05) is 6.92 Å². The summed E-state index contributed by atoms with van der Waals surface area (Å²) < 4.78 is 4.92. The molecular weight excluding hydrogens is 160 g/mol. The van der Waals surface area contributed by atoms with Gasteiger partial charge in [0.05, 0.1) is 6.61 Å². The topological polar surface area (TPSA) is 26.3 Å². The van der Waals surface area contributed by atoms with Crippen molar-refractivity contribution in [3.63, 3.8) is 0 Å². The van der Waals surface area contributed by atoms with Gasteiger partial charge in [-0.25, -0.2) is 0 Å². The van der Waals surface area contributed by atoms with Crippen LogP contribution in [0, 0.1) is 0 Å². The van der Waals surface area contributed by atoms with Gasteiger partial charge in [0.15, 0.2) is 0 Å². The van der Waals surface area contributed by atoms with Gasteiger partial charge >= 0.3 is 5.97 Å². The van der Waals surface area contributed by atoms with Gasteiger partial charge in [0.25, 0.3) is 0 Å². The van der Waals surface area contributed by atoms with E-state index in [4.69, 9.17) is 4.74 Å². The van der Waals surface area contributed by atoms with Crippen molar-refractivity contribution in [3.8, 4) is 0 Å². The average molecular weight is 174 g/mol. The molecule has 0 spiro atoms. The number of esters is 1. The fourth-order valence-corrected chi connectivity index (χ4v) is 2.35. The van der Waals surface area contributed by atoms with Crippen molar-refractivity contribution in [3.05, 3.63) is 0 Å². The second-order valence-corrected chi connectivity index (χ2v) is 3.92. The van der Waals surface area contributed by atoms with Crippen LogP contribution in [0.5, 0.6) is 0 Å². The zero-order chi connectivity index (χ0) is 8.10. The van der Waals surface area contributed by atoms with Crippen LogP contribution >= 0.6 is 11.8 Å². The molecule has 0 aliphatic carbocycles. The Kier molecular flexibility index (Phi) is 3.77. The van der Waals surface area contributed by atoms with E-state index in [9.17, 15) is 4.79 Å². The quantitative estimate of drug-likeness (QED) is 0.597. The lowest BCUT2D eigenvalue weighted by molar-refractivity contribution is -0.142. The molecule has 1 heterocycles. The largest absolute Gasteiger partial charge is 0.465 e. The first kappa shape index (κ1) is 8.91. The second kappa shape index (κ2) is 4.65. The Labute approximate surface area is 71.7 Å². The molecule has 2 nitrogen and oxygen atoms in total. The molecule has 0 N–H and O–H groups in total. The molecule has 1 rings (SSSR count). The fourth-order valence-electron chi connectivity index (χ4n) is 1.16. The number of ether oxygens (including phenoxy) is 1. The van der Waals surface area contributed by atoms with Gasteiger partial charge in [-0.3, -0.25) is 4.79 Å². The number of carbonyl (C=O) groups excluding carboxylic acids is 1. The Hall–Kier alpha value is -0.180. The van der Waals surface area contributed by atoms with E-state index in [-0.39, 0.29) is 11.2 Å². The summed E-state index contributed by atoms with van der Waals surface area (Å²) >= 11 is 1.74. The number of thioether (sulfide) groups is 1. The van der Waals surface area contributed by atoms with Crippen molar-refractivity contribution in [1.29, 1.82) is 0 Å². The zero-order valence-corrected chi connectivity index (χ0v) is 7.65. The first-order valence-electron chi connectivity index (χ1n) is 4.13. The summed E-state index contributed by atoms with van der Waals surface area (Å²) in [5, 5.41) is 0.128. The van der Waals surface area contributed by atoms with Crippen molar-refractivity contribution >= 4 is 17.7 Å². The van der Waals surface area contributed by atoms with Crippen LogP contribution in [0.1, 0.15) is 26.2 Å². The lowest BCUT2D eigenvalue weighted by Crippen LogP contribution is -2.23. The summed E-state index contributed by atoms with van der Waals surface area (Å²) in [6.45, 7) is 2.36. The molecule has 0 aromatic carbocycles. The molecule has 1 aliphatic rings. The molecule has 1 atom stereocenters. The van der Waals surface area contributed by atoms with E-state index in [2.05, 4.69) is 0 Å². The van der Waals surface area contributed by atoms with Gasteiger partial charge in [0.1, 0.15) is 5.25 Å². The van der Waals surface area contributed by atoms with Crippen LogP contribution in [-0.2, 0) is 9.53 Å². The van der Waals surface area contributed by atoms with Gasteiger partial charge in [-0.1, -0.05) is 6.42 Å². The van der Waals surface area contributed by atoms with Crippen LogP contribution in [0.3, 0.4) is 0 Å². The molecule has 11 heavy (non-hydrogen) atoms. The third kappa shape index (κ3) is 2.73. The van der Waals surface area contributed by atoms with Crippen molar-refractivity contribution in [2.75, 3.05) is 12.4 Å². The molecule has 1 fully saturated rings. The number of rotatable bonds is 2. The fraction of sp³-hybridized carbons (Fsp3) is 0.875. The Bertz CT molecular complexity index is 130. The second-order valence-electron chi connectivity index (χ2n) is 2.61. The molecule has 3 heteroatoms. The zero-order valence-electron chi connectivity index (χ0n) is 6.84. The molecule has 64 valence electrons. The highest BCUT2D eigenvalue weighted by atomic mass is 32.2. The third-order valence-corrected chi connectivity index (χ3v) is 3.08. The third-order valence-electron chi connectivity index (χ3n) is 1.73. The van der Waals surface area contributed by atoms with Gasteiger partial charge in [-0.15, -0.1) is 11.8 Å². The number of hydrogen-bond acceptors (Lipinski definition) is 3.